The van der Waals surface area contributed by atoms with Crippen LogP contribution in [0.25, 0.3) is 0 Å². The Kier molecular flexibility index (Phi) is 3.00. The number of aromatic nitrogens is 1. The number of pyridine rings is 1. The number of nitrogens with zero attached hydrogens (tertiary/aromatic N) is 1. The molecular weight excluding hydrogens is 200 g/mol. The van der Waals surface area contributed by atoms with Crippen LogP contribution in [-0.2, 0) is 6.54 Å². The number of alkyl halides is 2. The van der Waals surface area contributed by atoms with E-state index in [1.807, 2.05) is 0 Å². The quantitative estimate of drug-likeness (QED) is 0.776. The lowest BCUT2D eigenvalue weighted by Gasteiger charge is -2.09. The van der Waals surface area contributed by atoms with E-state index in [9.17, 15) is 8.78 Å². The number of hydrogen-bond donors (Lipinski definition) is 2. The molecule has 72 valence electrons. The van der Waals surface area contributed by atoms with Crippen molar-refractivity contribution in [3.05, 3.63) is 22.5 Å². The molecule has 0 aliphatic rings. The zero-order chi connectivity index (χ0) is 10.0. The van der Waals surface area contributed by atoms with Gasteiger partial charge in [-0.3, -0.25) is 4.98 Å². The highest BCUT2D eigenvalue weighted by Gasteiger charge is 2.17. The molecule has 0 fully saturated rings. The van der Waals surface area contributed by atoms with Crippen molar-refractivity contribution in [1.29, 1.82) is 0 Å². The molecule has 0 atom stereocenters. The second-order valence-corrected chi connectivity index (χ2v) is 2.77. The Bertz CT molecular complexity index is 317. The van der Waals surface area contributed by atoms with E-state index in [1.165, 1.54) is 0 Å². The molecule has 0 radical (unpaired) electrons. The van der Waals surface area contributed by atoms with Crippen LogP contribution < -0.4 is 11.5 Å². The monoisotopic (exact) mass is 207 g/mol. The van der Waals surface area contributed by atoms with E-state index >= 15 is 0 Å². The van der Waals surface area contributed by atoms with Crippen molar-refractivity contribution in [3.8, 4) is 0 Å². The Morgan fingerprint density at radius 3 is 2.62 bits per heavy atom. The van der Waals surface area contributed by atoms with Crippen LogP contribution in [0.3, 0.4) is 0 Å². The first-order valence-electron chi connectivity index (χ1n) is 3.49. The molecule has 0 amide bonds. The molecule has 3 nitrogen and oxygen atoms in total. The molecule has 1 aromatic rings. The van der Waals surface area contributed by atoms with Gasteiger partial charge in [-0.2, -0.15) is 0 Å². The third-order valence-electron chi connectivity index (χ3n) is 1.58. The van der Waals surface area contributed by atoms with Crippen molar-refractivity contribution in [3.63, 3.8) is 0 Å². The van der Waals surface area contributed by atoms with Crippen LogP contribution in [0.5, 0.6) is 0 Å². The largest absolute Gasteiger partial charge is 0.396 e. The minimum Gasteiger partial charge on any atom is -0.396 e. The molecular formula is C7H8ClF2N3. The summed E-state index contributed by atoms with van der Waals surface area (Å²) in [7, 11) is 0. The van der Waals surface area contributed by atoms with E-state index in [1.54, 1.807) is 0 Å². The number of halogens is 3. The third kappa shape index (κ3) is 1.87. The van der Waals surface area contributed by atoms with Gasteiger partial charge in [0.2, 0.25) is 0 Å². The van der Waals surface area contributed by atoms with E-state index in [0.717, 1.165) is 6.20 Å². The number of nitrogen functional groups attached to an aromatic ring is 1. The number of rotatable bonds is 2. The molecule has 1 rings (SSSR count). The number of anilines is 1. The summed E-state index contributed by atoms with van der Waals surface area (Å²) in [6.45, 7) is -0.101. The first kappa shape index (κ1) is 10.1. The van der Waals surface area contributed by atoms with Crippen LogP contribution in [-0.4, -0.2) is 4.98 Å². The van der Waals surface area contributed by atoms with Crippen molar-refractivity contribution in [2.45, 2.75) is 13.0 Å². The van der Waals surface area contributed by atoms with Gasteiger partial charge in [0.05, 0.1) is 16.9 Å². The molecule has 0 aromatic carbocycles. The predicted molar refractivity (Wildman–Crippen MR) is 46.5 cm³/mol. The zero-order valence-electron chi connectivity index (χ0n) is 6.60. The highest BCUT2D eigenvalue weighted by atomic mass is 35.5. The Labute approximate surface area is 78.7 Å². The normalized spacial score (nSPS) is 10.8. The van der Waals surface area contributed by atoms with Crippen molar-refractivity contribution in [2.24, 2.45) is 5.73 Å². The zero-order valence-corrected chi connectivity index (χ0v) is 7.35. The van der Waals surface area contributed by atoms with Crippen molar-refractivity contribution < 1.29 is 8.78 Å². The van der Waals surface area contributed by atoms with E-state index < -0.39 is 12.1 Å². The van der Waals surface area contributed by atoms with Gasteiger partial charge < -0.3 is 11.5 Å². The van der Waals surface area contributed by atoms with Gasteiger partial charge in [-0.15, -0.1) is 0 Å². The summed E-state index contributed by atoms with van der Waals surface area (Å²) in [6.07, 6.45) is -1.58. The minimum absolute atomic E-state index is 0.0628. The average molecular weight is 208 g/mol. The van der Waals surface area contributed by atoms with E-state index in [-0.39, 0.29) is 22.8 Å². The lowest BCUT2D eigenvalue weighted by atomic mass is 10.2. The summed E-state index contributed by atoms with van der Waals surface area (Å²) in [5.41, 5.74) is 10.5. The topological polar surface area (TPSA) is 64.9 Å². The van der Waals surface area contributed by atoms with Gasteiger partial charge in [0, 0.05) is 12.1 Å². The summed E-state index contributed by atoms with van der Waals surface area (Å²) in [5, 5.41) is 0.0628. The Hall–Kier alpha value is -0.940. The minimum atomic E-state index is -2.68. The fourth-order valence-electron chi connectivity index (χ4n) is 0.943. The summed E-state index contributed by atoms with van der Waals surface area (Å²) >= 11 is 5.66. The van der Waals surface area contributed by atoms with Crippen LogP contribution >= 0.6 is 11.6 Å². The summed E-state index contributed by atoms with van der Waals surface area (Å²) in [5.74, 6) is 0. The standard InChI is InChI=1S/C7H8ClF2N3/c8-5-3(1-11)6(7(9)10)13-2-4(5)12/h2,7H,1,11-12H2. The van der Waals surface area contributed by atoms with Gasteiger partial charge in [0.15, 0.2) is 0 Å². The van der Waals surface area contributed by atoms with Crippen molar-refractivity contribution in [1.82, 2.24) is 4.98 Å². The molecule has 0 aliphatic heterocycles. The van der Waals surface area contributed by atoms with E-state index in [2.05, 4.69) is 4.98 Å². The molecule has 0 saturated carbocycles. The SMILES string of the molecule is NCc1c(C(F)F)ncc(N)c1Cl. The van der Waals surface area contributed by atoms with Gasteiger partial charge in [-0.1, -0.05) is 11.6 Å². The predicted octanol–water partition coefficient (Wildman–Crippen LogP) is 1.71. The molecule has 6 heteroatoms. The first-order valence-corrected chi connectivity index (χ1v) is 3.86. The highest BCUT2D eigenvalue weighted by Crippen LogP contribution is 2.29. The van der Waals surface area contributed by atoms with Crippen LogP contribution in [0, 0.1) is 0 Å². The second-order valence-electron chi connectivity index (χ2n) is 2.40. The van der Waals surface area contributed by atoms with Crippen LogP contribution in [0.2, 0.25) is 5.02 Å². The van der Waals surface area contributed by atoms with Gasteiger partial charge in [0.1, 0.15) is 5.69 Å². The summed E-state index contributed by atoms with van der Waals surface area (Å²) in [4.78, 5) is 3.47. The maximum Gasteiger partial charge on any atom is 0.280 e. The van der Waals surface area contributed by atoms with Gasteiger partial charge >= 0.3 is 0 Å². The molecule has 0 unspecified atom stereocenters. The van der Waals surface area contributed by atoms with E-state index in [0.29, 0.717) is 0 Å². The highest BCUT2D eigenvalue weighted by molar-refractivity contribution is 6.33. The Morgan fingerprint density at radius 2 is 2.15 bits per heavy atom. The van der Waals surface area contributed by atoms with Crippen molar-refractivity contribution in [2.75, 3.05) is 5.73 Å². The molecule has 1 heterocycles. The molecule has 0 spiro atoms. The summed E-state index contributed by atoms with van der Waals surface area (Å²) < 4.78 is 24.6. The lowest BCUT2D eigenvalue weighted by Crippen LogP contribution is -2.07. The third-order valence-corrected chi connectivity index (χ3v) is 2.03. The number of nitrogens with two attached hydrogens (primary N) is 2. The fourth-order valence-corrected chi connectivity index (χ4v) is 1.17. The average Bonchev–Trinajstić information content (AvgIpc) is 2.09. The Balaban J connectivity index is 3.30. The van der Waals surface area contributed by atoms with Gasteiger partial charge in [-0.25, -0.2) is 8.78 Å². The van der Waals surface area contributed by atoms with Crippen LogP contribution in [0.15, 0.2) is 6.20 Å². The van der Waals surface area contributed by atoms with Crippen LogP contribution in [0.4, 0.5) is 14.5 Å². The van der Waals surface area contributed by atoms with Crippen LogP contribution in [0.1, 0.15) is 17.7 Å². The first-order chi connectivity index (χ1) is 6.07. The van der Waals surface area contributed by atoms with E-state index in [4.69, 9.17) is 23.1 Å². The molecule has 0 saturated heterocycles. The molecule has 4 N–H and O–H groups in total. The maximum atomic E-state index is 12.3. The Morgan fingerprint density at radius 1 is 1.54 bits per heavy atom. The lowest BCUT2D eigenvalue weighted by molar-refractivity contribution is 0.145. The van der Waals surface area contributed by atoms with Gasteiger partial charge in [-0.05, 0) is 0 Å². The molecule has 0 bridgehead atoms. The number of hydrogen-bond acceptors (Lipinski definition) is 3. The molecule has 13 heavy (non-hydrogen) atoms. The maximum absolute atomic E-state index is 12.3. The molecule has 0 aliphatic carbocycles. The fraction of sp³-hybridized carbons (Fsp3) is 0.286. The summed E-state index contributed by atoms with van der Waals surface area (Å²) in [6, 6.07) is 0. The molecule has 1 aromatic heterocycles. The van der Waals surface area contributed by atoms with Crippen molar-refractivity contribution >= 4 is 17.3 Å². The van der Waals surface area contributed by atoms with Gasteiger partial charge in [0.25, 0.3) is 6.43 Å². The second kappa shape index (κ2) is 3.85. The smallest absolute Gasteiger partial charge is 0.280 e.